The Morgan fingerprint density at radius 1 is 0.939 bits per heavy atom. The summed E-state index contributed by atoms with van der Waals surface area (Å²) >= 11 is 0. The normalized spacial score (nSPS) is 14.8. The molecule has 9 heteroatoms. The molecule has 8 nitrogen and oxygen atoms in total. The van der Waals surface area contributed by atoms with E-state index in [1.807, 2.05) is 35.9 Å². The third-order valence-corrected chi connectivity index (χ3v) is 7.89. The highest BCUT2D eigenvalue weighted by atomic mass is 32.2. The van der Waals surface area contributed by atoms with Crippen LogP contribution in [-0.4, -0.2) is 42.2 Å². The highest BCUT2D eigenvalue weighted by molar-refractivity contribution is 7.89. The molecule has 2 heterocycles. The Labute approximate surface area is 193 Å². The van der Waals surface area contributed by atoms with Gasteiger partial charge in [-0.05, 0) is 43.0 Å². The van der Waals surface area contributed by atoms with E-state index in [1.165, 1.54) is 4.31 Å². The van der Waals surface area contributed by atoms with Crippen LogP contribution in [0.3, 0.4) is 0 Å². The smallest absolute Gasteiger partial charge is 0.271 e. The molecule has 3 aromatic rings. The van der Waals surface area contributed by atoms with Crippen LogP contribution in [0.1, 0.15) is 41.6 Å². The number of carbonyl (C=O) groups is 2. The van der Waals surface area contributed by atoms with Crippen LogP contribution in [0.2, 0.25) is 0 Å². The number of piperidine rings is 1. The van der Waals surface area contributed by atoms with Crippen molar-refractivity contribution in [1.82, 2.24) is 19.7 Å². The van der Waals surface area contributed by atoms with E-state index in [0.717, 1.165) is 35.7 Å². The predicted octanol–water partition coefficient (Wildman–Crippen LogP) is 2.75. The summed E-state index contributed by atoms with van der Waals surface area (Å²) in [7, 11) is -1.60. The first-order chi connectivity index (χ1) is 15.9. The summed E-state index contributed by atoms with van der Waals surface area (Å²) in [6, 6.07) is 14.2. The number of hydrogen-bond acceptors (Lipinski definition) is 4. The van der Waals surface area contributed by atoms with Gasteiger partial charge < -0.3 is 4.57 Å². The summed E-state index contributed by atoms with van der Waals surface area (Å²) in [5, 5.41) is 0.811. The van der Waals surface area contributed by atoms with E-state index in [1.54, 1.807) is 30.5 Å². The summed E-state index contributed by atoms with van der Waals surface area (Å²) in [5.41, 5.74) is 7.19. The number of aromatic nitrogens is 1. The van der Waals surface area contributed by atoms with Gasteiger partial charge in [0.1, 0.15) is 0 Å². The van der Waals surface area contributed by atoms with Crippen LogP contribution in [0.15, 0.2) is 59.6 Å². The second kappa shape index (κ2) is 9.76. The maximum absolute atomic E-state index is 12.7. The topological polar surface area (TPSA) is 101 Å². The number of nitrogens with one attached hydrogen (secondary N) is 2. The van der Waals surface area contributed by atoms with Crippen LogP contribution in [0, 0.1) is 0 Å². The number of aryl methyl sites for hydroxylation is 2. The molecule has 0 spiro atoms. The molecule has 174 valence electrons. The zero-order valence-electron chi connectivity index (χ0n) is 18.6. The van der Waals surface area contributed by atoms with Gasteiger partial charge in [-0.2, -0.15) is 4.31 Å². The molecule has 0 unspecified atom stereocenters. The van der Waals surface area contributed by atoms with E-state index in [4.69, 9.17) is 0 Å². The van der Waals surface area contributed by atoms with Gasteiger partial charge in [-0.25, -0.2) is 8.42 Å². The number of benzene rings is 2. The van der Waals surface area contributed by atoms with E-state index in [2.05, 4.69) is 10.9 Å². The molecule has 0 atom stereocenters. The molecule has 0 saturated carbocycles. The number of nitrogens with zero attached hydrogens (tertiary/aromatic N) is 2. The molecule has 1 saturated heterocycles. The Hall–Kier alpha value is -3.17. The van der Waals surface area contributed by atoms with E-state index in [9.17, 15) is 18.0 Å². The first-order valence-electron chi connectivity index (χ1n) is 11.1. The summed E-state index contributed by atoms with van der Waals surface area (Å²) in [5.74, 6) is -0.707. The Morgan fingerprint density at radius 2 is 1.64 bits per heavy atom. The minimum atomic E-state index is -3.46. The van der Waals surface area contributed by atoms with Crippen molar-refractivity contribution in [2.45, 2.75) is 37.0 Å². The molecular weight excluding hydrogens is 440 g/mol. The fourth-order valence-corrected chi connectivity index (χ4v) is 5.64. The van der Waals surface area contributed by atoms with E-state index >= 15 is 0 Å². The number of amides is 2. The molecule has 1 fully saturated rings. The van der Waals surface area contributed by atoms with Gasteiger partial charge in [0.05, 0.1) is 10.5 Å². The van der Waals surface area contributed by atoms with Crippen LogP contribution < -0.4 is 10.9 Å². The van der Waals surface area contributed by atoms with Crippen molar-refractivity contribution in [3.8, 4) is 0 Å². The SMILES string of the molecule is Cn1cc(C(=O)NNC(=O)CCc2ccc(S(=O)(=O)N3CCCCC3)cc2)c2ccccc21. The Balaban J connectivity index is 1.29. The second-order valence-corrected chi connectivity index (χ2v) is 10.2. The molecule has 1 aliphatic heterocycles. The van der Waals surface area contributed by atoms with Crippen LogP contribution in [-0.2, 0) is 28.3 Å². The molecule has 2 aromatic carbocycles. The molecule has 0 aliphatic carbocycles. The van der Waals surface area contributed by atoms with Crippen molar-refractivity contribution in [3.05, 3.63) is 65.9 Å². The van der Waals surface area contributed by atoms with Crippen LogP contribution in [0.4, 0.5) is 0 Å². The van der Waals surface area contributed by atoms with Gasteiger partial charge >= 0.3 is 0 Å². The number of carbonyl (C=O) groups excluding carboxylic acids is 2. The Morgan fingerprint density at radius 3 is 2.36 bits per heavy atom. The molecule has 1 aromatic heterocycles. The van der Waals surface area contributed by atoms with Crippen molar-refractivity contribution < 1.29 is 18.0 Å². The lowest BCUT2D eigenvalue weighted by molar-refractivity contribution is -0.121. The minimum Gasteiger partial charge on any atom is -0.350 e. The van der Waals surface area contributed by atoms with Crippen LogP contribution in [0.25, 0.3) is 10.9 Å². The van der Waals surface area contributed by atoms with Crippen molar-refractivity contribution in [2.24, 2.45) is 7.05 Å². The van der Waals surface area contributed by atoms with Gasteiger partial charge in [0.25, 0.3) is 5.91 Å². The first kappa shape index (κ1) is 23.0. The van der Waals surface area contributed by atoms with Crippen molar-refractivity contribution in [3.63, 3.8) is 0 Å². The fourth-order valence-electron chi connectivity index (χ4n) is 4.12. The third-order valence-electron chi connectivity index (χ3n) is 5.97. The lowest BCUT2D eigenvalue weighted by atomic mass is 10.1. The number of hydrazine groups is 1. The maximum atomic E-state index is 12.7. The molecular formula is C24H28N4O4S. The zero-order chi connectivity index (χ0) is 23.4. The number of fused-ring (bicyclic) bond motifs is 1. The fraction of sp³-hybridized carbons (Fsp3) is 0.333. The van der Waals surface area contributed by atoms with Crippen LogP contribution >= 0.6 is 0 Å². The average Bonchev–Trinajstić information content (AvgIpc) is 3.19. The summed E-state index contributed by atoms with van der Waals surface area (Å²) in [6.07, 6.45) is 5.17. The Bertz CT molecular complexity index is 1260. The number of sulfonamides is 1. The second-order valence-electron chi connectivity index (χ2n) is 8.28. The van der Waals surface area contributed by atoms with Crippen LogP contribution in [0.5, 0.6) is 0 Å². The quantitative estimate of drug-likeness (QED) is 0.543. The third kappa shape index (κ3) is 5.09. The highest BCUT2D eigenvalue weighted by Crippen LogP contribution is 2.22. The number of hydrogen-bond donors (Lipinski definition) is 2. The molecule has 2 amide bonds. The van der Waals surface area contributed by atoms with Crippen molar-refractivity contribution >= 4 is 32.7 Å². The van der Waals surface area contributed by atoms with Gasteiger partial charge in [-0.1, -0.05) is 36.8 Å². The minimum absolute atomic E-state index is 0.161. The molecule has 0 radical (unpaired) electrons. The van der Waals surface area contributed by atoms with Gasteiger partial charge in [-0.3, -0.25) is 20.4 Å². The summed E-state index contributed by atoms with van der Waals surface area (Å²) < 4.78 is 28.9. The van der Waals surface area contributed by atoms with Gasteiger partial charge in [0.2, 0.25) is 15.9 Å². The van der Waals surface area contributed by atoms with E-state index < -0.39 is 10.0 Å². The standard InChI is InChI=1S/C24H28N4O4S/c1-27-17-21(20-7-3-4-8-22(20)27)24(30)26-25-23(29)14-11-18-9-12-19(13-10-18)33(31,32)28-15-5-2-6-16-28/h3-4,7-10,12-13,17H,2,5-6,11,14-16H2,1H3,(H,25,29)(H,26,30). The largest absolute Gasteiger partial charge is 0.350 e. The van der Waals surface area contributed by atoms with E-state index in [-0.39, 0.29) is 23.1 Å². The summed E-state index contributed by atoms with van der Waals surface area (Å²) in [4.78, 5) is 25.0. The lowest BCUT2D eigenvalue weighted by Gasteiger charge is -2.25. The van der Waals surface area contributed by atoms with Gasteiger partial charge in [0, 0.05) is 43.7 Å². The van der Waals surface area contributed by atoms with Crippen molar-refractivity contribution in [1.29, 1.82) is 0 Å². The molecule has 1 aliphatic rings. The molecule has 33 heavy (non-hydrogen) atoms. The number of para-hydroxylation sites is 1. The summed E-state index contributed by atoms with van der Waals surface area (Å²) in [6.45, 7) is 1.13. The molecule has 0 bridgehead atoms. The molecule has 4 rings (SSSR count). The lowest BCUT2D eigenvalue weighted by Crippen LogP contribution is -2.41. The highest BCUT2D eigenvalue weighted by Gasteiger charge is 2.25. The molecule has 2 N–H and O–H groups in total. The van der Waals surface area contributed by atoms with Gasteiger partial charge in [-0.15, -0.1) is 0 Å². The maximum Gasteiger partial charge on any atom is 0.271 e. The van der Waals surface area contributed by atoms with Gasteiger partial charge in [0.15, 0.2) is 0 Å². The van der Waals surface area contributed by atoms with E-state index in [0.29, 0.717) is 25.1 Å². The monoisotopic (exact) mass is 468 g/mol. The first-order valence-corrected chi connectivity index (χ1v) is 12.5. The number of rotatable bonds is 6. The predicted molar refractivity (Wildman–Crippen MR) is 126 cm³/mol. The zero-order valence-corrected chi connectivity index (χ0v) is 19.4. The van der Waals surface area contributed by atoms with Crippen molar-refractivity contribution in [2.75, 3.05) is 13.1 Å². The average molecular weight is 469 g/mol. The Kier molecular flexibility index (Phi) is 6.80.